The fourth-order valence-electron chi connectivity index (χ4n) is 1.52. The van der Waals surface area contributed by atoms with Crippen LogP contribution in [-0.4, -0.2) is 21.0 Å². The van der Waals surface area contributed by atoms with Crippen molar-refractivity contribution in [3.05, 3.63) is 24.3 Å². The predicted molar refractivity (Wildman–Crippen MR) is 56.5 cm³/mol. The van der Waals surface area contributed by atoms with Crippen LogP contribution in [0.2, 0.25) is 0 Å². The van der Waals surface area contributed by atoms with Crippen LogP contribution in [0.25, 0.3) is 0 Å². The Morgan fingerprint density at radius 2 is 2.13 bits per heavy atom. The van der Waals surface area contributed by atoms with E-state index in [1.165, 1.54) is 0 Å². The van der Waals surface area contributed by atoms with Crippen LogP contribution in [0.1, 0.15) is 38.8 Å². The van der Waals surface area contributed by atoms with Crippen LogP contribution >= 0.6 is 0 Å². The van der Waals surface area contributed by atoms with Gasteiger partial charge in [-0.2, -0.15) is 0 Å². The largest absolute Gasteiger partial charge is 0.481 e. The molecule has 1 N–H and O–H groups in total. The van der Waals surface area contributed by atoms with E-state index in [-0.39, 0.29) is 17.8 Å². The molecule has 0 spiro atoms. The predicted octanol–water partition coefficient (Wildman–Crippen LogP) is 2.08. The summed E-state index contributed by atoms with van der Waals surface area (Å²) in [5.74, 6) is -0.913. The number of aliphatic carboxylic acids is 1. The Kier molecular flexibility index (Phi) is 3.39. The molecule has 0 radical (unpaired) electrons. The van der Waals surface area contributed by atoms with Crippen molar-refractivity contribution in [2.45, 2.75) is 33.1 Å². The topological polar surface area (TPSA) is 63.1 Å². The van der Waals surface area contributed by atoms with Crippen molar-refractivity contribution in [1.29, 1.82) is 0 Å². The molecule has 1 rings (SSSR count). The molecule has 1 aromatic rings. The van der Waals surface area contributed by atoms with Crippen molar-refractivity contribution in [1.82, 2.24) is 9.97 Å². The monoisotopic (exact) mass is 208 g/mol. The molecule has 4 nitrogen and oxygen atoms in total. The van der Waals surface area contributed by atoms with E-state index < -0.39 is 5.97 Å². The summed E-state index contributed by atoms with van der Waals surface area (Å²) >= 11 is 0. The number of carboxylic acid groups (broad SMARTS) is 1. The molecule has 0 aliphatic rings. The van der Waals surface area contributed by atoms with Gasteiger partial charge in [0.1, 0.15) is 0 Å². The third-order valence-corrected chi connectivity index (χ3v) is 2.36. The van der Waals surface area contributed by atoms with Crippen LogP contribution in [0, 0.1) is 5.41 Å². The van der Waals surface area contributed by atoms with Gasteiger partial charge in [-0.05, 0) is 5.41 Å². The molecule has 0 saturated heterocycles. The van der Waals surface area contributed by atoms with E-state index in [2.05, 4.69) is 9.97 Å². The summed E-state index contributed by atoms with van der Waals surface area (Å²) in [4.78, 5) is 18.9. The van der Waals surface area contributed by atoms with Crippen LogP contribution in [0.15, 0.2) is 18.6 Å². The van der Waals surface area contributed by atoms with E-state index in [0.29, 0.717) is 0 Å². The molecule has 0 aromatic carbocycles. The highest BCUT2D eigenvalue weighted by Gasteiger charge is 2.29. The first-order valence-corrected chi connectivity index (χ1v) is 4.89. The van der Waals surface area contributed by atoms with E-state index in [9.17, 15) is 4.79 Å². The molecule has 0 saturated carbocycles. The van der Waals surface area contributed by atoms with E-state index >= 15 is 0 Å². The highest BCUT2D eigenvalue weighted by atomic mass is 16.4. The number of hydrogen-bond donors (Lipinski definition) is 1. The van der Waals surface area contributed by atoms with Gasteiger partial charge in [-0.1, -0.05) is 20.8 Å². The van der Waals surface area contributed by atoms with Gasteiger partial charge in [0, 0.05) is 24.5 Å². The molecule has 1 atom stereocenters. The molecule has 15 heavy (non-hydrogen) atoms. The van der Waals surface area contributed by atoms with Gasteiger partial charge in [-0.15, -0.1) is 0 Å². The van der Waals surface area contributed by atoms with Crippen LogP contribution in [0.4, 0.5) is 0 Å². The Morgan fingerprint density at radius 1 is 1.47 bits per heavy atom. The van der Waals surface area contributed by atoms with Crippen molar-refractivity contribution in [3.8, 4) is 0 Å². The van der Waals surface area contributed by atoms with Gasteiger partial charge in [0.15, 0.2) is 0 Å². The Morgan fingerprint density at radius 3 is 2.53 bits per heavy atom. The van der Waals surface area contributed by atoms with Gasteiger partial charge in [0.25, 0.3) is 0 Å². The number of aromatic nitrogens is 2. The normalized spacial score (nSPS) is 13.5. The molecule has 0 bridgehead atoms. The summed E-state index contributed by atoms with van der Waals surface area (Å²) in [6.45, 7) is 6.03. The maximum Gasteiger partial charge on any atom is 0.304 e. The number of hydrogen-bond acceptors (Lipinski definition) is 3. The molecule has 1 heterocycles. The Bertz CT molecular complexity index is 330. The van der Waals surface area contributed by atoms with Crippen LogP contribution < -0.4 is 0 Å². The lowest BCUT2D eigenvalue weighted by molar-refractivity contribution is -0.138. The summed E-state index contributed by atoms with van der Waals surface area (Å²) < 4.78 is 0. The molecule has 1 unspecified atom stereocenters. The first-order valence-electron chi connectivity index (χ1n) is 4.89. The van der Waals surface area contributed by atoms with Gasteiger partial charge in [0.2, 0.25) is 0 Å². The summed E-state index contributed by atoms with van der Waals surface area (Å²) in [7, 11) is 0. The SMILES string of the molecule is CC(C)(C)C(CC(=O)O)c1cnccn1. The van der Waals surface area contributed by atoms with Gasteiger partial charge in [-0.3, -0.25) is 14.8 Å². The number of carbonyl (C=O) groups is 1. The lowest BCUT2D eigenvalue weighted by Crippen LogP contribution is -2.22. The Balaban J connectivity index is 2.97. The maximum absolute atomic E-state index is 10.8. The zero-order valence-corrected chi connectivity index (χ0v) is 9.27. The molecule has 1 aromatic heterocycles. The van der Waals surface area contributed by atoms with Gasteiger partial charge >= 0.3 is 5.97 Å². The fraction of sp³-hybridized carbons (Fsp3) is 0.545. The molecule has 0 aliphatic heterocycles. The van der Waals surface area contributed by atoms with E-state index in [1.54, 1.807) is 18.6 Å². The van der Waals surface area contributed by atoms with E-state index in [1.807, 2.05) is 20.8 Å². The second-order valence-corrected chi connectivity index (χ2v) is 4.65. The van der Waals surface area contributed by atoms with Crippen LogP contribution in [-0.2, 0) is 4.79 Å². The number of nitrogens with zero attached hydrogens (tertiary/aromatic N) is 2. The molecule has 0 aliphatic carbocycles. The molecule has 82 valence electrons. The first kappa shape index (κ1) is 11.6. The highest BCUT2D eigenvalue weighted by molar-refractivity contribution is 5.68. The highest BCUT2D eigenvalue weighted by Crippen LogP contribution is 2.36. The third-order valence-electron chi connectivity index (χ3n) is 2.36. The summed E-state index contributed by atoms with van der Waals surface area (Å²) in [6.07, 6.45) is 4.90. The zero-order valence-electron chi connectivity index (χ0n) is 9.27. The second-order valence-electron chi connectivity index (χ2n) is 4.65. The second kappa shape index (κ2) is 4.38. The van der Waals surface area contributed by atoms with Crippen molar-refractivity contribution in [2.24, 2.45) is 5.41 Å². The minimum atomic E-state index is -0.805. The third kappa shape index (κ3) is 3.31. The van der Waals surface area contributed by atoms with Crippen molar-refractivity contribution >= 4 is 5.97 Å². The number of rotatable bonds is 3. The van der Waals surface area contributed by atoms with Crippen molar-refractivity contribution in [2.75, 3.05) is 0 Å². The zero-order chi connectivity index (χ0) is 11.5. The standard InChI is InChI=1S/C11H16N2O2/c1-11(2,3)8(6-10(14)15)9-7-12-4-5-13-9/h4-5,7-8H,6H2,1-3H3,(H,14,15). The van der Waals surface area contributed by atoms with E-state index in [0.717, 1.165) is 5.69 Å². The lowest BCUT2D eigenvalue weighted by atomic mass is 9.77. The Hall–Kier alpha value is -1.45. The molecular formula is C11H16N2O2. The molecule has 4 heteroatoms. The summed E-state index contributed by atoms with van der Waals surface area (Å²) in [6, 6.07) is 0. The first-order chi connectivity index (χ1) is 6.91. The van der Waals surface area contributed by atoms with Gasteiger partial charge in [-0.25, -0.2) is 0 Å². The minimum absolute atomic E-state index is 0.0855. The Labute approximate surface area is 89.4 Å². The summed E-state index contributed by atoms with van der Waals surface area (Å²) in [5.41, 5.74) is 0.612. The number of carboxylic acids is 1. The lowest BCUT2D eigenvalue weighted by Gasteiger charge is -2.28. The van der Waals surface area contributed by atoms with E-state index in [4.69, 9.17) is 5.11 Å². The minimum Gasteiger partial charge on any atom is -0.481 e. The van der Waals surface area contributed by atoms with Crippen molar-refractivity contribution in [3.63, 3.8) is 0 Å². The van der Waals surface area contributed by atoms with Crippen molar-refractivity contribution < 1.29 is 9.90 Å². The molecule has 0 fully saturated rings. The molecular weight excluding hydrogens is 192 g/mol. The fourth-order valence-corrected chi connectivity index (χ4v) is 1.52. The van der Waals surface area contributed by atoms with Gasteiger partial charge in [0.05, 0.1) is 12.1 Å². The summed E-state index contributed by atoms with van der Waals surface area (Å²) in [5, 5.41) is 8.86. The smallest absolute Gasteiger partial charge is 0.304 e. The van der Waals surface area contributed by atoms with Crippen LogP contribution in [0.3, 0.4) is 0 Å². The quantitative estimate of drug-likeness (QED) is 0.826. The van der Waals surface area contributed by atoms with Gasteiger partial charge < -0.3 is 5.11 Å². The maximum atomic E-state index is 10.8. The average molecular weight is 208 g/mol. The van der Waals surface area contributed by atoms with Crippen LogP contribution in [0.5, 0.6) is 0 Å². The average Bonchev–Trinajstić information content (AvgIpc) is 2.14. The molecule has 0 amide bonds.